The summed E-state index contributed by atoms with van der Waals surface area (Å²) in [5.74, 6) is -0.271. The van der Waals surface area contributed by atoms with E-state index in [1.807, 2.05) is 0 Å². The van der Waals surface area contributed by atoms with Crippen LogP contribution in [0.25, 0.3) is 0 Å². The average Bonchev–Trinajstić information content (AvgIpc) is 2.65. The molecule has 1 saturated carbocycles. The summed E-state index contributed by atoms with van der Waals surface area (Å²) in [7, 11) is -4.59. The Morgan fingerprint density at radius 2 is 1.61 bits per heavy atom. The van der Waals surface area contributed by atoms with Crippen LogP contribution in [0.4, 0.5) is 0 Å². The molecule has 5 nitrogen and oxygen atoms in total. The Hall–Kier alpha value is 0.0100. The minimum Gasteiger partial charge on any atom is -0.744 e. The third-order valence-corrected chi connectivity index (χ3v) is 10.6. The molecule has 3 rings (SSSR count). The third-order valence-electron chi connectivity index (χ3n) is 4.73. The maximum atomic E-state index is 12.6. The fourth-order valence-corrected chi connectivity index (χ4v) is 6.22. The number of esters is 1. The Labute approximate surface area is 205 Å². The molecule has 0 aromatic heterocycles. The molecular formula is C19H16I3O5S-. The molecule has 150 valence electrons. The molecule has 0 amide bonds. The number of ether oxygens (including phenoxy) is 1. The number of carbonyl (C=O) groups is 1. The van der Waals surface area contributed by atoms with Gasteiger partial charge >= 0.3 is 5.97 Å². The minimum absolute atomic E-state index is 0.00803. The Balaban J connectivity index is 1.93. The largest absolute Gasteiger partial charge is 0.744 e. The number of halogens is 3. The zero-order valence-corrected chi connectivity index (χ0v) is 21.9. The molecule has 0 radical (unpaired) electrons. The second-order valence-corrected chi connectivity index (χ2v) is 11.4. The van der Waals surface area contributed by atoms with E-state index in [1.165, 1.54) is 12.1 Å². The van der Waals surface area contributed by atoms with Gasteiger partial charge in [-0.1, -0.05) is 19.3 Å². The van der Waals surface area contributed by atoms with Crippen LogP contribution in [0.2, 0.25) is 0 Å². The summed E-state index contributed by atoms with van der Waals surface area (Å²) in [6.45, 7) is 0. The number of rotatable bonds is 4. The summed E-state index contributed by atoms with van der Waals surface area (Å²) >= 11 is 6.55. The molecule has 2 aromatic rings. The maximum Gasteiger partial charge on any atom is 0.343 e. The number of hydrogen-bond acceptors (Lipinski definition) is 5. The van der Waals surface area contributed by atoms with Crippen LogP contribution < -0.4 is 4.74 Å². The van der Waals surface area contributed by atoms with Crippen molar-refractivity contribution in [3.63, 3.8) is 0 Å². The van der Waals surface area contributed by atoms with Gasteiger partial charge in [0.25, 0.3) is 0 Å². The van der Waals surface area contributed by atoms with Crippen LogP contribution in [0.15, 0.2) is 35.2 Å². The Morgan fingerprint density at radius 3 is 2.18 bits per heavy atom. The summed E-state index contributed by atoms with van der Waals surface area (Å²) in [4.78, 5) is 12.4. The minimum atomic E-state index is -4.59. The van der Waals surface area contributed by atoms with Crippen LogP contribution in [-0.2, 0) is 10.1 Å². The second-order valence-electron chi connectivity index (χ2n) is 6.63. The fraction of sp³-hybridized carbons (Fsp3) is 0.316. The number of hydrogen-bond donors (Lipinski definition) is 0. The first-order chi connectivity index (χ1) is 13.2. The highest BCUT2D eigenvalue weighted by atomic mass is 127. The van der Waals surface area contributed by atoms with Crippen molar-refractivity contribution in [2.75, 3.05) is 0 Å². The molecule has 9 heteroatoms. The van der Waals surface area contributed by atoms with Crippen LogP contribution in [0.1, 0.15) is 53.9 Å². The van der Waals surface area contributed by atoms with E-state index >= 15 is 0 Å². The Morgan fingerprint density at radius 1 is 1.00 bits per heavy atom. The van der Waals surface area contributed by atoms with Gasteiger partial charge in [0.05, 0.1) is 10.5 Å². The van der Waals surface area contributed by atoms with E-state index in [4.69, 9.17) is 4.74 Å². The van der Waals surface area contributed by atoms with Gasteiger partial charge in [0, 0.05) is 10.7 Å². The molecule has 2 aromatic carbocycles. The standard InChI is InChI=1S/C19H17I3O5S/c20-15-8-12(9-16(21)18(15)22)19(23)27-13-6-7-17(28(24,25)26)14(10-13)11-4-2-1-3-5-11/h6-11H,1-5H2,(H,24,25,26)/p-1. The second kappa shape index (κ2) is 9.43. The van der Waals surface area contributed by atoms with E-state index in [-0.39, 0.29) is 16.6 Å². The van der Waals surface area contributed by atoms with Crippen molar-refractivity contribution in [1.82, 2.24) is 0 Å². The fourth-order valence-electron chi connectivity index (χ4n) is 3.39. The predicted molar refractivity (Wildman–Crippen MR) is 130 cm³/mol. The number of benzene rings is 2. The predicted octanol–water partition coefficient (Wildman–Crippen LogP) is 5.67. The van der Waals surface area contributed by atoms with Crippen LogP contribution in [-0.4, -0.2) is 18.9 Å². The molecule has 28 heavy (non-hydrogen) atoms. The van der Waals surface area contributed by atoms with E-state index in [1.54, 1.807) is 18.2 Å². The van der Waals surface area contributed by atoms with Crippen molar-refractivity contribution < 1.29 is 22.5 Å². The Bertz CT molecular complexity index is 991. The van der Waals surface area contributed by atoms with Gasteiger partial charge in [-0.3, -0.25) is 0 Å². The van der Waals surface area contributed by atoms with E-state index in [0.717, 1.165) is 42.8 Å². The number of carbonyl (C=O) groups excluding carboxylic acids is 1. The molecule has 1 aliphatic carbocycles. The highest BCUT2D eigenvalue weighted by Crippen LogP contribution is 2.37. The van der Waals surface area contributed by atoms with Gasteiger partial charge in [0.15, 0.2) is 0 Å². The zero-order valence-electron chi connectivity index (χ0n) is 14.6. The lowest BCUT2D eigenvalue weighted by Gasteiger charge is -2.25. The molecule has 0 bridgehead atoms. The van der Waals surface area contributed by atoms with Crippen molar-refractivity contribution >= 4 is 83.9 Å². The molecule has 1 fully saturated rings. The van der Waals surface area contributed by atoms with Crippen LogP contribution in [0, 0.1) is 10.7 Å². The van der Waals surface area contributed by atoms with Crippen LogP contribution >= 0.6 is 67.8 Å². The van der Waals surface area contributed by atoms with E-state index < -0.39 is 16.1 Å². The zero-order chi connectivity index (χ0) is 20.5. The van der Waals surface area contributed by atoms with Gasteiger partial charge in [-0.15, -0.1) is 0 Å². The van der Waals surface area contributed by atoms with Gasteiger partial charge in [-0.25, -0.2) is 13.2 Å². The van der Waals surface area contributed by atoms with Crippen molar-refractivity contribution in [1.29, 1.82) is 0 Å². The maximum absolute atomic E-state index is 12.6. The topological polar surface area (TPSA) is 83.5 Å². The molecule has 0 heterocycles. The van der Waals surface area contributed by atoms with E-state index in [0.29, 0.717) is 11.1 Å². The van der Waals surface area contributed by atoms with Crippen molar-refractivity contribution in [3.8, 4) is 5.75 Å². The van der Waals surface area contributed by atoms with Gasteiger partial charge in [0.1, 0.15) is 15.9 Å². The summed E-state index contributed by atoms with van der Waals surface area (Å²) in [6, 6.07) is 7.69. The Kier molecular flexibility index (Phi) is 7.64. The van der Waals surface area contributed by atoms with Gasteiger partial charge in [-0.05, 0) is 122 Å². The molecule has 0 N–H and O–H groups in total. The summed E-state index contributed by atoms with van der Waals surface area (Å²) < 4.78 is 43.6. The van der Waals surface area contributed by atoms with Crippen molar-refractivity contribution in [2.24, 2.45) is 0 Å². The lowest BCUT2D eigenvalue weighted by atomic mass is 9.84. The van der Waals surface area contributed by atoms with Crippen molar-refractivity contribution in [3.05, 3.63) is 52.2 Å². The molecule has 0 aliphatic heterocycles. The molecule has 0 atom stereocenters. The van der Waals surface area contributed by atoms with Crippen LogP contribution in [0.5, 0.6) is 5.75 Å². The average molecular weight is 737 g/mol. The highest BCUT2D eigenvalue weighted by molar-refractivity contribution is 14.1. The molecule has 0 saturated heterocycles. The monoisotopic (exact) mass is 737 g/mol. The highest BCUT2D eigenvalue weighted by Gasteiger charge is 2.22. The summed E-state index contributed by atoms with van der Waals surface area (Å²) in [5, 5.41) is 0. The summed E-state index contributed by atoms with van der Waals surface area (Å²) in [6.07, 6.45) is 4.74. The molecule has 1 aliphatic rings. The molecule has 0 spiro atoms. The van der Waals surface area contributed by atoms with E-state index in [9.17, 15) is 17.8 Å². The third kappa shape index (κ3) is 5.38. The quantitative estimate of drug-likeness (QED) is 0.133. The van der Waals surface area contributed by atoms with Crippen molar-refractivity contribution in [2.45, 2.75) is 42.9 Å². The first-order valence-corrected chi connectivity index (χ1v) is 13.3. The smallest absolute Gasteiger partial charge is 0.343 e. The first-order valence-electron chi connectivity index (χ1n) is 8.63. The normalized spacial score (nSPS) is 15.4. The van der Waals surface area contributed by atoms with Gasteiger partial charge < -0.3 is 9.29 Å². The van der Waals surface area contributed by atoms with Gasteiger partial charge in [0.2, 0.25) is 0 Å². The lowest BCUT2D eigenvalue weighted by molar-refractivity contribution is 0.0734. The summed E-state index contributed by atoms with van der Waals surface area (Å²) in [5.41, 5.74) is 0.890. The van der Waals surface area contributed by atoms with Gasteiger partial charge in [-0.2, -0.15) is 0 Å². The molecular weight excluding hydrogens is 721 g/mol. The SMILES string of the molecule is O=C(Oc1ccc(S(=O)(=O)[O-])c(C2CCCCC2)c1)c1cc(I)c(I)c(I)c1. The van der Waals surface area contributed by atoms with Crippen LogP contribution in [0.3, 0.4) is 0 Å². The lowest BCUT2D eigenvalue weighted by Crippen LogP contribution is -2.13. The first kappa shape index (κ1) is 22.7. The molecule has 0 unspecified atom stereocenters. The van der Waals surface area contributed by atoms with E-state index in [2.05, 4.69) is 67.8 Å².